The molecule has 0 aliphatic carbocycles. The molecule has 2 heterocycles. The molecule has 0 aromatic heterocycles. The van der Waals surface area contributed by atoms with E-state index < -0.39 is 15.3 Å². The molecule has 3 nitrogen and oxygen atoms in total. The van der Waals surface area contributed by atoms with Crippen LogP contribution in [0.1, 0.15) is 40.9 Å². The highest BCUT2D eigenvalue weighted by atomic mass is 35.6. The van der Waals surface area contributed by atoms with Crippen LogP contribution in [0.2, 0.25) is 0 Å². The topological polar surface area (TPSA) is 38.3 Å². The second-order valence-electron chi connectivity index (χ2n) is 7.55. The predicted molar refractivity (Wildman–Crippen MR) is 111 cm³/mol. The van der Waals surface area contributed by atoms with Gasteiger partial charge in [-0.15, -0.1) is 0 Å². The zero-order valence-corrected chi connectivity index (χ0v) is 17.3. The molecule has 1 atom stereocenters. The van der Waals surface area contributed by atoms with Gasteiger partial charge in [0.2, 0.25) is 11.5 Å². The van der Waals surface area contributed by atoms with Gasteiger partial charge in [-0.3, -0.25) is 4.79 Å². The van der Waals surface area contributed by atoms with Crippen molar-refractivity contribution >= 4 is 52.3 Å². The molecule has 1 spiro atoms. The Balaban J connectivity index is 1.73. The van der Waals surface area contributed by atoms with Crippen LogP contribution in [0.15, 0.2) is 42.5 Å². The first kappa shape index (κ1) is 18.7. The third kappa shape index (κ3) is 2.84. The molecule has 0 bridgehead atoms. The van der Waals surface area contributed by atoms with Crippen molar-refractivity contribution in [3.63, 3.8) is 0 Å². The highest BCUT2D eigenvalue weighted by molar-refractivity contribution is 6.77. The molecule has 0 radical (unpaired) electrons. The molecule has 1 unspecified atom stereocenters. The molecule has 4 rings (SSSR count). The van der Waals surface area contributed by atoms with Gasteiger partial charge in [0, 0.05) is 16.8 Å². The fraction of sp³-hybridized carbons (Fsp3) is 0.286. The molecule has 0 amide bonds. The van der Waals surface area contributed by atoms with Crippen molar-refractivity contribution in [2.24, 2.45) is 0 Å². The van der Waals surface area contributed by atoms with E-state index in [1.165, 1.54) is 11.1 Å². The summed E-state index contributed by atoms with van der Waals surface area (Å²) in [6, 6.07) is 11.4. The SMILES string of the molecule is Cc1ccc2c(c1)C(C)(C)C1(C=Cc3cc(C(=O)C(Cl)(Cl)Cl)ccc3O1)N2. The maximum Gasteiger partial charge on any atom is 0.253 e. The monoisotopic (exact) mass is 421 g/mol. The van der Waals surface area contributed by atoms with Crippen molar-refractivity contribution in [3.05, 3.63) is 64.7 Å². The number of alkyl halides is 3. The van der Waals surface area contributed by atoms with Gasteiger partial charge in [-0.05, 0) is 62.8 Å². The Morgan fingerprint density at radius 3 is 2.56 bits per heavy atom. The molecule has 27 heavy (non-hydrogen) atoms. The Morgan fingerprint density at radius 1 is 1.11 bits per heavy atom. The maximum absolute atomic E-state index is 12.2. The van der Waals surface area contributed by atoms with Crippen LogP contribution in [-0.4, -0.2) is 15.3 Å². The molecule has 2 aliphatic rings. The fourth-order valence-corrected chi connectivity index (χ4v) is 4.06. The minimum Gasteiger partial charge on any atom is -0.463 e. The lowest BCUT2D eigenvalue weighted by molar-refractivity contribution is 0.0823. The van der Waals surface area contributed by atoms with E-state index in [0.717, 1.165) is 11.3 Å². The van der Waals surface area contributed by atoms with Crippen molar-refractivity contribution in [2.75, 3.05) is 5.32 Å². The summed E-state index contributed by atoms with van der Waals surface area (Å²) >= 11 is 17.2. The van der Waals surface area contributed by atoms with Gasteiger partial charge in [-0.25, -0.2) is 0 Å². The number of rotatable bonds is 1. The van der Waals surface area contributed by atoms with E-state index in [-0.39, 0.29) is 5.41 Å². The first-order valence-corrected chi connectivity index (χ1v) is 9.70. The van der Waals surface area contributed by atoms with E-state index in [2.05, 4.69) is 44.3 Å². The Hall–Kier alpha value is -1.68. The Bertz CT molecular complexity index is 991. The summed E-state index contributed by atoms with van der Waals surface area (Å²) in [7, 11) is 0. The standard InChI is InChI=1S/C21H18Cl3NO2/c1-12-4-6-16-15(10-12)19(2,3)20(25-16)9-8-13-11-14(5-7-17(13)27-20)18(26)21(22,23)24/h4-11,25H,1-3H3. The molecule has 1 N–H and O–H groups in total. The Morgan fingerprint density at radius 2 is 1.85 bits per heavy atom. The van der Waals surface area contributed by atoms with Gasteiger partial charge in [-0.1, -0.05) is 52.5 Å². The molecule has 6 heteroatoms. The molecule has 2 aromatic carbocycles. The van der Waals surface area contributed by atoms with E-state index in [1.807, 2.05) is 12.2 Å². The molecule has 0 fully saturated rings. The number of ether oxygens (including phenoxy) is 1. The maximum atomic E-state index is 12.2. The van der Waals surface area contributed by atoms with E-state index in [4.69, 9.17) is 39.5 Å². The number of benzene rings is 2. The Labute approximate surface area is 173 Å². The van der Waals surface area contributed by atoms with Crippen LogP contribution in [0.4, 0.5) is 5.69 Å². The number of Topliss-reactive ketones (excluding diaryl/α,β-unsaturated/α-hetero) is 1. The van der Waals surface area contributed by atoms with E-state index in [0.29, 0.717) is 11.3 Å². The number of halogens is 3. The minimum atomic E-state index is -1.98. The van der Waals surface area contributed by atoms with Crippen LogP contribution in [0.3, 0.4) is 0 Å². The smallest absolute Gasteiger partial charge is 0.253 e. The largest absolute Gasteiger partial charge is 0.463 e. The summed E-state index contributed by atoms with van der Waals surface area (Å²) in [5, 5.41) is 3.53. The number of fused-ring (bicyclic) bond motifs is 2. The van der Waals surface area contributed by atoms with Crippen LogP contribution in [0.25, 0.3) is 6.08 Å². The average molecular weight is 423 g/mol. The molecular weight excluding hydrogens is 405 g/mol. The lowest BCUT2D eigenvalue weighted by Gasteiger charge is -2.41. The van der Waals surface area contributed by atoms with Gasteiger partial charge >= 0.3 is 0 Å². The number of aryl methyl sites for hydroxylation is 1. The number of carbonyl (C=O) groups excluding carboxylic acids is 1. The summed E-state index contributed by atoms with van der Waals surface area (Å²) in [6.45, 7) is 6.39. The highest BCUT2D eigenvalue weighted by Gasteiger charge is 2.54. The van der Waals surface area contributed by atoms with Crippen molar-refractivity contribution in [2.45, 2.75) is 35.7 Å². The normalized spacial score (nSPS) is 22.0. The van der Waals surface area contributed by atoms with E-state index in [9.17, 15) is 4.79 Å². The number of anilines is 1. The van der Waals surface area contributed by atoms with Crippen LogP contribution in [0.5, 0.6) is 5.75 Å². The number of carbonyl (C=O) groups is 1. The number of ketones is 1. The van der Waals surface area contributed by atoms with Crippen LogP contribution < -0.4 is 10.1 Å². The van der Waals surface area contributed by atoms with Crippen molar-refractivity contribution in [1.29, 1.82) is 0 Å². The summed E-state index contributed by atoms with van der Waals surface area (Å²) in [5.74, 6) is 0.106. The zero-order chi connectivity index (χ0) is 19.6. The quantitative estimate of drug-likeness (QED) is 0.449. The van der Waals surface area contributed by atoms with Crippen molar-refractivity contribution < 1.29 is 9.53 Å². The van der Waals surface area contributed by atoms with Crippen LogP contribution >= 0.6 is 34.8 Å². The van der Waals surface area contributed by atoms with Gasteiger partial charge in [-0.2, -0.15) is 0 Å². The second-order valence-corrected chi connectivity index (χ2v) is 9.83. The van der Waals surface area contributed by atoms with Crippen molar-refractivity contribution in [1.82, 2.24) is 0 Å². The number of hydrogen-bond donors (Lipinski definition) is 1. The number of nitrogens with one attached hydrogen (secondary N) is 1. The lowest BCUT2D eigenvalue weighted by Crippen LogP contribution is -2.53. The third-order valence-corrected chi connectivity index (χ3v) is 5.91. The fourth-order valence-electron chi connectivity index (χ4n) is 3.73. The predicted octanol–water partition coefficient (Wildman–Crippen LogP) is 6.05. The van der Waals surface area contributed by atoms with Gasteiger partial charge in [0.05, 0.1) is 5.41 Å². The van der Waals surface area contributed by atoms with Crippen LogP contribution in [-0.2, 0) is 5.41 Å². The highest BCUT2D eigenvalue weighted by Crippen LogP contribution is 2.51. The molecule has 0 saturated carbocycles. The van der Waals surface area contributed by atoms with Gasteiger partial charge in [0.1, 0.15) is 5.75 Å². The average Bonchev–Trinajstić information content (AvgIpc) is 2.80. The summed E-state index contributed by atoms with van der Waals surface area (Å²) in [5.41, 5.74) is 3.56. The van der Waals surface area contributed by atoms with Gasteiger partial charge in [0.25, 0.3) is 3.79 Å². The number of hydrogen-bond acceptors (Lipinski definition) is 3. The Kier molecular flexibility index (Phi) is 4.08. The van der Waals surface area contributed by atoms with Gasteiger partial charge in [0.15, 0.2) is 0 Å². The summed E-state index contributed by atoms with van der Waals surface area (Å²) in [6.07, 6.45) is 3.94. The van der Waals surface area contributed by atoms with Gasteiger partial charge < -0.3 is 10.1 Å². The van der Waals surface area contributed by atoms with Crippen molar-refractivity contribution in [3.8, 4) is 5.75 Å². The second kappa shape index (κ2) is 5.91. The summed E-state index contributed by atoms with van der Waals surface area (Å²) < 4.78 is 4.45. The van der Waals surface area contributed by atoms with E-state index >= 15 is 0 Å². The van der Waals surface area contributed by atoms with E-state index in [1.54, 1.807) is 18.2 Å². The zero-order valence-electron chi connectivity index (χ0n) is 15.1. The molecule has 2 aromatic rings. The molecular formula is C21H18Cl3NO2. The molecule has 2 aliphatic heterocycles. The first-order chi connectivity index (χ1) is 12.5. The lowest BCUT2D eigenvalue weighted by atomic mass is 9.76. The first-order valence-electron chi connectivity index (χ1n) is 8.57. The van der Waals surface area contributed by atoms with Crippen LogP contribution in [0, 0.1) is 6.92 Å². The molecule has 140 valence electrons. The summed E-state index contributed by atoms with van der Waals surface area (Å²) in [4.78, 5) is 12.2. The minimum absolute atomic E-state index is 0.297. The molecule has 0 saturated heterocycles. The third-order valence-electron chi connectivity index (χ3n) is 5.40.